The fraction of sp³-hybridized carbons (Fsp3) is 0.364. The van der Waals surface area contributed by atoms with E-state index in [0.717, 1.165) is 13.0 Å². The molecule has 1 aromatic carbocycles. The van der Waals surface area contributed by atoms with Crippen LogP contribution in [0.4, 0.5) is 11.4 Å². The second-order valence-corrected chi connectivity index (χ2v) is 3.50. The topological polar surface area (TPSA) is 66.6 Å². The molecule has 0 aromatic heterocycles. The number of rotatable bonds is 4. The molecule has 0 unspecified atom stereocenters. The van der Waals surface area contributed by atoms with Gasteiger partial charge in [0.05, 0.1) is 11.3 Å². The Hall–Kier alpha value is -1.71. The fourth-order valence-corrected chi connectivity index (χ4v) is 1.50. The first-order valence-corrected chi connectivity index (χ1v) is 4.90. The van der Waals surface area contributed by atoms with Crippen molar-refractivity contribution in [3.05, 3.63) is 23.8 Å². The highest BCUT2D eigenvalue weighted by molar-refractivity contribution is 5.95. The minimum absolute atomic E-state index is 0.292. The standard InChI is InChI=1S/C11H16N2O2/c1-3-6-13(2)10-7-8(12)4-5-9(10)11(14)15/h4-5,7H,3,6,12H2,1-2H3,(H,14,15). The molecule has 0 heterocycles. The number of benzene rings is 1. The summed E-state index contributed by atoms with van der Waals surface area (Å²) in [6.07, 6.45) is 0.963. The molecule has 1 rings (SSSR count). The van der Waals surface area contributed by atoms with Crippen molar-refractivity contribution in [1.82, 2.24) is 0 Å². The van der Waals surface area contributed by atoms with Crippen molar-refractivity contribution in [2.45, 2.75) is 13.3 Å². The van der Waals surface area contributed by atoms with Crippen molar-refractivity contribution < 1.29 is 9.90 Å². The van der Waals surface area contributed by atoms with Crippen molar-refractivity contribution in [2.75, 3.05) is 24.2 Å². The molecule has 0 aliphatic heterocycles. The molecule has 0 radical (unpaired) electrons. The summed E-state index contributed by atoms with van der Waals surface area (Å²) in [6, 6.07) is 4.84. The molecule has 3 N–H and O–H groups in total. The van der Waals surface area contributed by atoms with Crippen LogP contribution in [0.2, 0.25) is 0 Å². The molecule has 82 valence electrons. The Balaban J connectivity index is 3.12. The van der Waals surface area contributed by atoms with E-state index in [2.05, 4.69) is 0 Å². The number of hydrogen-bond donors (Lipinski definition) is 2. The maximum Gasteiger partial charge on any atom is 0.337 e. The van der Waals surface area contributed by atoms with Crippen LogP contribution in [0.25, 0.3) is 0 Å². The summed E-state index contributed by atoms with van der Waals surface area (Å²) in [5.74, 6) is -0.923. The lowest BCUT2D eigenvalue weighted by Crippen LogP contribution is -2.20. The Bertz CT molecular complexity index is 364. The second-order valence-electron chi connectivity index (χ2n) is 3.50. The van der Waals surface area contributed by atoms with Gasteiger partial charge in [0.15, 0.2) is 0 Å². The predicted molar refractivity (Wildman–Crippen MR) is 61.4 cm³/mol. The highest BCUT2D eigenvalue weighted by Crippen LogP contribution is 2.22. The molecule has 0 bridgehead atoms. The van der Waals surface area contributed by atoms with Crippen LogP contribution in [-0.2, 0) is 0 Å². The second kappa shape index (κ2) is 4.68. The van der Waals surface area contributed by atoms with Crippen molar-refractivity contribution in [2.24, 2.45) is 0 Å². The van der Waals surface area contributed by atoms with E-state index in [1.54, 1.807) is 18.2 Å². The van der Waals surface area contributed by atoms with Gasteiger partial charge in [-0.25, -0.2) is 4.79 Å². The van der Waals surface area contributed by atoms with Crippen LogP contribution < -0.4 is 10.6 Å². The Morgan fingerprint density at radius 3 is 2.73 bits per heavy atom. The van der Waals surface area contributed by atoms with Gasteiger partial charge in [-0.2, -0.15) is 0 Å². The number of carbonyl (C=O) groups is 1. The summed E-state index contributed by atoms with van der Waals surface area (Å²) in [5, 5.41) is 9.01. The number of nitrogens with zero attached hydrogens (tertiary/aromatic N) is 1. The molecule has 15 heavy (non-hydrogen) atoms. The highest BCUT2D eigenvalue weighted by Gasteiger charge is 2.12. The Kier molecular flexibility index (Phi) is 3.55. The summed E-state index contributed by atoms with van der Waals surface area (Å²) in [5.41, 5.74) is 7.19. The van der Waals surface area contributed by atoms with Gasteiger partial charge >= 0.3 is 5.97 Å². The molecule has 0 amide bonds. The van der Waals surface area contributed by atoms with Crippen LogP contribution in [0, 0.1) is 0 Å². The zero-order chi connectivity index (χ0) is 11.4. The van der Waals surface area contributed by atoms with Crippen molar-refractivity contribution in [3.8, 4) is 0 Å². The van der Waals surface area contributed by atoms with Gasteiger partial charge in [0.25, 0.3) is 0 Å². The van der Waals surface area contributed by atoms with E-state index in [9.17, 15) is 4.79 Å². The summed E-state index contributed by atoms with van der Waals surface area (Å²) < 4.78 is 0. The third-order valence-corrected chi connectivity index (χ3v) is 2.22. The van der Waals surface area contributed by atoms with Gasteiger partial charge in [0, 0.05) is 19.3 Å². The molecular weight excluding hydrogens is 192 g/mol. The smallest absolute Gasteiger partial charge is 0.337 e. The minimum Gasteiger partial charge on any atom is -0.478 e. The zero-order valence-electron chi connectivity index (χ0n) is 9.03. The lowest BCUT2D eigenvalue weighted by molar-refractivity contribution is 0.0697. The van der Waals surface area contributed by atoms with Crippen molar-refractivity contribution in [1.29, 1.82) is 0 Å². The Morgan fingerprint density at radius 1 is 1.53 bits per heavy atom. The summed E-state index contributed by atoms with van der Waals surface area (Å²) in [6.45, 7) is 2.85. The van der Waals surface area contributed by atoms with Gasteiger partial charge in [0.2, 0.25) is 0 Å². The molecule has 0 saturated carbocycles. The molecule has 0 atom stereocenters. The van der Waals surface area contributed by atoms with Crippen molar-refractivity contribution in [3.63, 3.8) is 0 Å². The molecule has 0 aliphatic rings. The van der Waals surface area contributed by atoms with Crippen LogP contribution in [-0.4, -0.2) is 24.7 Å². The van der Waals surface area contributed by atoms with Gasteiger partial charge in [-0.3, -0.25) is 0 Å². The lowest BCUT2D eigenvalue weighted by Gasteiger charge is -2.20. The van der Waals surface area contributed by atoms with E-state index in [0.29, 0.717) is 16.9 Å². The lowest BCUT2D eigenvalue weighted by atomic mass is 10.1. The number of aromatic carboxylic acids is 1. The number of nitrogen functional groups attached to an aromatic ring is 1. The zero-order valence-corrected chi connectivity index (χ0v) is 9.03. The van der Waals surface area contributed by atoms with E-state index < -0.39 is 5.97 Å². The van der Waals surface area contributed by atoms with Gasteiger partial charge in [-0.05, 0) is 24.6 Å². The average Bonchev–Trinajstić information content (AvgIpc) is 2.17. The van der Waals surface area contributed by atoms with Crippen LogP contribution >= 0.6 is 0 Å². The molecule has 4 nitrogen and oxygen atoms in total. The largest absolute Gasteiger partial charge is 0.478 e. The number of carboxylic acids is 1. The summed E-state index contributed by atoms with van der Waals surface area (Å²) >= 11 is 0. The number of carboxylic acid groups (broad SMARTS) is 1. The Labute approximate surface area is 89.3 Å². The van der Waals surface area contributed by atoms with Crippen LogP contribution in [0.3, 0.4) is 0 Å². The summed E-state index contributed by atoms with van der Waals surface area (Å²) in [7, 11) is 1.87. The number of anilines is 2. The monoisotopic (exact) mass is 208 g/mol. The normalized spacial score (nSPS) is 10.0. The first kappa shape index (κ1) is 11.4. The highest BCUT2D eigenvalue weighted by atomic mass is 16.4. The van der Waals surface area contributed by atoms with Crippen LogP contribution in [0.1, 0.15) is 23.7 Å². The van der Waals surface area contributed by atoms with E-state index in [-0.39, 0.29) is 0 Å². The number of hydrogen-bond acceptors (Lipinski definition) is 3. The van der Waals surface area contributed by atoms with Gasteiger partial charge < -0.3 is 15.7 Å². The molecular formula is C11H16N2O2. The maximum absolute atomic E-state index is 11.0. The predicted octanol–water partition coefficient (Wildman–Crippen LogP) is 1.81. The van der Waals surface area contributed by atoms with E-state index in [1.165, 1.54) is 0 Å². The van der Waals surface area contributed by atoms with Crippen LogP contribution in [0.15, 0.2) is 18.2 Å². The van der Waals surface area contributed by atoms with E-state index >= 15 is 0 Å². The quantitative estimate of drug-likeness (QED) is 0.740. The van der Waals surface area contributed by atoms with Crippen LogP contribution in [0.5, 0.6) is 0 Å². The fourth-order valence-electron chi connectivity index (χ4n) is 1.50. The molecule has 0 aliphatic carbocycles. The minimum atomic E-state index is -0.923. The average molecular weight is 208 g/mol. The third kappa shape index (κ3) is 2.62. The van der Waals surface area contributed by atoms with Gasteiger partial charge in [0.1, 0.15) is 0 Å². The molecule has 1 aromatic rings. The molecule has 0 saturated heterocycles. The first-order valence-electron chi connectivity index (χ1n) is 4.90. The molecule has 0 spiro atoms. The molecule has 4 heteroatoms. The van der Waals surface area contributed by atoms with Gasteiger partial charge in [-0.15, -0.1) is 0 Å². The molecule has 0 fully saturated rings. The van der Waals surface area contributed by atoms with E-state index in [1.807, 2.05) is 18.9 Å². The first-order chi connectivity index (χ1) is 7.06. The van der Waals surface area contributed by atoms with E-state index in [4.69, 9.17) is 10.8 Å². The Morgan fingerprint density at radius 2 is 2.20 bits per heavy atom. The summed E-state index contributed by atoms with van der Waals surface area (Å²) in [4.78, 5) is 12.9. The third-order valence-electron chi connectivity index (χ3n) is 2.22. The van der Waals surface area contributed by atoms with Crippen molar-refractivity contribution >= 4 is 17.3 Å². The SMILES string of the molecule is CCCN(C)c1cc(N)ccc1C(=O)O. The number of nitrogens with two attached hydrogens (primary N) is 1. The van der Waals surface area contributed by atoms with Gasteiger partial charge in [-0.1, -0.05) is 6.92 Å². The maximum atomic E-state index is 11.0.